The lowest BCUT2D eigenvalue weighted by Gasteiger charge is -2.13. The minimum absolute atomic E-state index is 0.545. The van der Waals surface area contributed by atoms with Crippen LogP contribution in [-0.2, 0) is 6.42 Å². The Kier molecular flexibility index (Phi) is 6.63. The topological polar surface area (TPSA) is 62.7 Å². The van der Waals surface area contributed by atoms with Gasteiger partial charge in [0, 0.05) is 18.1 Å². The highest BCUT2D eigenvalue weighted by Gasteiger charge is 2.04. The number of aromatic nitrogens is 3. The predicted molar refractivity (Wildman–Crippen MR) is 103 cm³/mol. The zero-order valence-corrected chi connectivity index (χ0v) is 15.1. The van der Waals surface area contributed by atoms with Crippen molar-refractivity contribution in [2.75, 3.05) is 23.7 Å². The zero-order valence-electron chi connectivity index (χ0n) is 14.3. The van der Waals surface area contributed by atoms with Gasteiger partial charge in [-0.1, -0.05) is 35.4 Å². The van der Waals surface area contributed by atoms with E-state index in [0.717, 1.165) is 36.8 Å². The van der Waals surface area contributed by atoms with E-state index in [1.807, 2.05) is 18.2 Å². The summed E-state index contributed by atoms with van der Waals surface area (Å²) in [4.78, 5) is 4.46. The molecular weight excluding hydrogens is 334 g/mol. The molecule has 0 bridgehead atoms. The van der Waals surface area contributed by atoms with Crippen molar-refractivity contribution in [3.63, 3.8) is 0 Å². The largest absolute Gasteiger partial charge is 0.368 e. The summed E-state index contributed by atoms with van der Waals surface area (Å²) in [5.74, 6) is 1.31. The monoisotopic (exact) mass is 357 g/mol. The first-order valence-electron chi connectivity index (χ1n) is 8.89. The Bertz CT molecular complexity index is 716. The first-order chi connectivity index (χ1) is 12.3. The maximum atomic E-state index is 6.00. The van der Waals surface area contributed by atoms with E-state index in [4.69, 9.17) is 11.6 Å². The van der Waals surface area contributed by atoms with E-state index in [-0.39, 0.29) is 0 Å². The SMILES string of the molecule is Clc1cccc(CCNc2nncc(NCCC3=CCCCC3)n2)c1. The first-order valence-corrected chi connectivity index (χ1v) is 9.27. The van der Waals surface area contributed by atoms with Gasteiger partial charge in [-0.05, 0) is 56.2 Å². The van der Waals surface area contributed by atoms with Crippen LogP contribution in [0.1, 0.15) is 37.7 Å². The number of allylic oxidation sites excluding steroid dienone is 1. The van der Waals surface area contributed by atoms with Gasteiger partial charge in [0.15, 0.2) is 5.82 Å². The number of benzene rings is 1. The molecule has 2 aromatic rings. The van der Waals surface area contributed by atoms with E-state index in [1.54, 1.807) is 11.8 Å². The minimum atomic E-state index is 0.545. The molecule has 1 aliphatic rings. The van der Waals surface area contributed by atoms with Crippen LogP contribution in [0.3, 0.4) is 0 Å². The van der Waals surface area contributed by atoms with Gasteiger partial charge in [-0.3, -0.25) is 0 Å². The van der Waals surface area contributed by atoms with Crippen molar-refractivity contribution >= 4 is 23.4 Å². The van der Waals surface area contributed by atoms with Crippen LogP contribution in [0.25, 0.3) is 0 Å². The van der Waals surface area contributed by atoms with Gasteiger partial charge >= 0.3 is 0 Å². The molecule has 0 aliphatic heterocycles. The van der Waals surface area contributed by atoms with Crippen molar-refractivity contribution in [2.24, 2.45) is 0 Å². The van der Waals surface area contributed by atoms with Crippen molar-refractivity contribution in [3.8, 4) is 0 Å². The van der Waals surface area contributed by atoms with E-state index in [0.29, 0.717) is 5.95 Å². The standard InChI is InChI=1S/C19H24ClN5/c20-17-8-4-7-16(13-17)10-12-22-19-24-18(14-23-25-19)21-11-9-15-5-2-1-3-6-15/h4-5,7-8,13-14H,1-3,6,9-12H2,(H2,21,22,24,25). The van der Waals surface area contributed by atoms with Gasteiger partial charge in [0.2, 0.25) is 5.95 Å². The molecule has 5 nitrogen and oxygen atoms in total. The Hall–Kier alpha value is -2.14. The van der Waals surface area contributed by atoms with Crippen LogP contribution in [0.15, 0.2) is 42.1 Å². The lowest BCUT2D eigenvalue weighted by molar-refractivity contribution is 0.679. The molecule has 1 aliphatic carbocycles. The fourth-order valence-electron chi connectivity index (χ4n) is 2.96. The molecule has 0 spiro atoms. The Morgan fingerprint density at radius 3 is 2.84 bits per heavy atom. The summed E-state index contributed by atoms with van der Waals surface area (Å²) in [6.45, 7) is 1.62. The third-order valence-electron chi connectivity index (χ3n) is 4.28. The van der Waals surface area contributed by atoms with Gasteiger partial charge < -0.3 is 10.6 Å². The molecule has 3 rings (SSSR count). The van der Waals surface area contributed by atoms with Crippen LogP contribution in [-0.4, -0.2) is 28.3 Å². The van der Waals surface area contributed by atoms with Gasteiger partial charge in [0.05, 0.1) is 6.20 Å². The highest BCUT2D eigenvalue weighted by molar-refractivity contribution is 6.30. The third-order valence-corrected chi connectivity index (χ3v) is 4.52. The van der Waals surface area contributed by atoms with Gasteiger partial charge in [-0.25, -0.2) is 0 Å². The molecule has 0 radical (unpaired) electrons. The molecular formula is C19H24ClN5. The average molecular weight is 358 g/mol. The Balaban J connectivity index is 1.43. The van der Waals surface area contributed by atoms with E-state index in [2.05, 4.69) is 38.0 Å². The van der Waals surface area contributed by atoms with Gasteiger partial charge in [0.25, 0.3) is 0 Å². The molecule has 0 atom stereocenters. The second-order valence-electron chi connectivity index (χ2n) is 6.26. The van der Waals surface area contributed by atoms with Gasteiger partial charge in [-0.2, -0.15) is 10.1 Å². The summed E-state index contributed by atoms with van der Waals surface area (Å²) in [5.41, 5.74) is 2.74. The molecule has 1 aromatic carbocycles. The molecule has 1 heterocycles. The van der Waals surface area contributed by atoms with Crippen molar-refractivity contribution in [3.05, 3.63) is 52.7 Å². The van der Waals surface area contributed by atoms with E-state index in [1.165, 1.54) is 31.2 Å². The molecule has 0 saturated carbocycles. The van der Waals surface area contributed by atoms with Crippen molar-refractivity contribution < 1.29 is 0 Å². The molecule has 1 aromatic heterocycles. The van der Waals surface area contributed by atoms with Crippen molar-refractivity contribution in [2.45, 2.75) is 38.5 Å². The Morgan fingerprint density at radius 2 is 2.00 bits per heavy atom. The predicted octanol–water partition coefficient (Wildman–Crippen LogP) is 4.48. The van der Waals surface area contributed by atoms with Gasteiger partial charge in [0.1, 0.15) is 0 Å². The minimum Gasteiger partial charge on any atom is -0.368 e. The molecule has 2 N–H and O–H groups in total. The van der Waals surface area contributed by atoms with Gasteiger partial charge in [-0.15, -0.1) is 5.10 Å². The second kappa shape index (κ2) is 9.37. The normalized spacial score (nSPS) is 14.0. The first kappa shape index (κ1) is 17.7. The Morgan fingerprint density at radius 1 is 1.08 bits per heavy atom. The van der Waals surface area contributed by atoms with Crippen LogP contribution in [0, 0.1) is 0 Å². The summed E-state index contributed by atoms with van der Waals surface area (Å²) in [6.07, 6.45) is 11.1. The average Bonchev–Trinajstić information content (AvgIpc) is 2.63. The maximum Gasteiger partial charge on any atom is 0.244 e. The summed E-state index contributed by atoms with van der Waals surface area (Å²) in [7, 11) is 0. The molecule has 0 saturated heterocycles. The molecule has 0 amide bonds. The third kappa shape index (κ3) is 6.02. The van der Waals surface area contributed by atoms with Crippen LogP contribution in [0.2, 0.25) is 5.02 Å². The molecule has 6 heteroatoms. The summed E-state index contributed by atoms with van der Waals surface area (Å²) < 4.78 is 0. The smallest absolute Gasteiger partial charge is 0.244 e. The van der Waals surface area contributed by atoms with Crippen LogP contribution in [0.5, 0.6) is 0 Å². The number of hydrogen-bond acceptors (Lipinski definition) is 5. The number of rotatable bonds is 8. The highest BCUT2D eigenvalue weighted by Crippen LogP contribution is 2.20. The van der Waals surface area contributed by atoms with Crippen LogP contribution >= 0.6 is 11.6 Å². The summed E-state index contributed by atoms with van der Waals surface area (Å²) in [6, 6.07) is 7.87. The quantitative estimate of drug-likeness (QED) is 0.682. The molecule has 0 unspecified atom stereocenters. The molecule has 25 heavy (non-hydrogen) atoms. The fourth-order valence-corrected chi connectivity index (χ4v) is 3.17. The lowest BCUT2D eigenvalue weighted by atomic mass is 9.97. The number of halogens is 1. The van der Waals surface area contributed by atoms with Crippen molar-refractivity contribution in [1.29, 1.82) is 0 Å². The molecule has 0 fully saturated rings. The van der Waals surface area contributed by atoms with Crippen LogP contribution < -0.4 is 10.6 Å². The van der Waals surface area contributed by atoms with Crippen LogP contribution in [0.4, 0.5) is 11.8 Å². The van der Waals surface area contributed by atoms with E-state index < -0.39 is 0 Å². The summed E-state index contributed by atoms with van der Waals surface area (Å²) >= 11 is 6.00. The van der Waals surface area contributed by atoms with E-state index in [9.17, 15) is 0 Å². The zero-order chi connectivity index (χ0) is 17.3. The molecule has 132 valence electrons. The van der Waals surface area contributed by atoms with Crippen molar-refractivity contribution in [1.82, 2.24) is 15.2 Å². The number of nitrogens with zero attached hydrogens (tertiary/aromatic N) is 3. The number of anilines is 2. The Labute approximate surface area is 153 Å². The number of nitrogens with one attached hydrogen (secondary N) is 2. The second-order valence-corrected chi connectivity index (χ2v) is 6.69. The fraction of sp³-hybridized carbons (Fsp3) is 0.421. The lowest BCUT2D eigenvalue weighted by Crippen LogP contribution is -2.11. The highest BCUT2D eigenvalue weighted by atomic mass is 35.5. The maximum absolute atomic E-state index is 6.00. The number of hydrogen-bond donors (Lipinski definition) is 2. The summed E-state index contributed by atoms with van der Waals surface area (Å²) in [5, 5.41) is 15.4. The van der Waals surface area contributed by atoms with E-state index >= 15 is 0 Å².